The Balaban J connectivity index is 1.82. The van der Waals surface area contributed by atoms with Crippen LogP contribution < -0.4 is 5.32 Å². The van der Waals surface area contributed by atoms with Crippen LogP contribution in [0.15, 0.2) is 71.1 Å². The summed E-state index contributed by atoms with van der Waals surface area (Å²) in [5.41, 5.74) is 1.25. The lowest BCUT2D eigenvalue weighted by Gasteiger charge is -2.03. The maximum absolute atomic E-state index is 12.1. The molecule has 1 aromatic heterocycles. The summed E-state index contributed by atoms with van der Waals surface area (Å²) in [6, 6.07) is 19.2. The van der Waals surface area contributed by atoms with Crippen LogP contribution in [0, 0.1) is 0 Å². The van der Waals surface area contributed by atoms with Crippen molar-refractivity contribution >= 4 is 11.6 Å². The fourth-order valence-electron chi connectivity index (χ4n) is 2.00. The van der Waals surface area contributed by atoms with Gasteiger partial charge in [0.05, 0.1) is 5.56 Å². The lowest BCUT2D eigenvalue weighted by molar-refractivity contribution is 0.0997. The minimum atomic E-state index is -0.331. The maximum Gasteiger partial charge on any atom is 0.291 e. The monoisotopic (exact) mass is 279 g/mol. The number of rotatable bonds is 3. The van der Waals surface area contributed by atoms with Crippen LogP contribution in [0.1, 0.15) is 10.6 Å². The molecule has 1 heterocycles. The van der Waals surface area contributed by atoms with Gasteiger partial charge in [-0.1, -0.05) is 30.3 Å². The Bertz CT molecular complexity index is 762. The number of para-hydroxylation sites is 2. The summed E-state index contributed by atoms with van der Waals surface area (Å²) in [6.07, 6.45) is 0. The molecular weight excluding hydrogens is 266 g/mol. The number of amides is 1. The van der Waals surface area contributed by atoms with Crippen LogP contribution in [-0.4, -0.2) is 11.0 Å². The fourth-order valence-corrected chi connectivity index (χ4v) is 2.00. The molecule has 0 radical (unpaired) electrons. The second kappa shape index (κ2) is 5.54. The van der Waals surface area contributed by atoms with Gasteiger partial charge in [0.2, 0.25) is 0 Å². The van der Waals surface area contributed by atoms with Gasteiger partial charge in [-0.25, -0.2) is 0 Å². The summed E-state index contributed by atoms with van der Waals surface area (Å²) in [7, 11) is 0. The van der Waals surface area contributed by atoms with Crippen molar-refractivity contribution in [1.29, 1.82) is 0 Å². The number of phenolic OH excluding ortho intramolecular Hbond substituents is 1. The van der Waals surface area contributed by atoms with Crippen LogP contribution in [0.5, 0.6) is 5.75 Å². The summed E-state index contributed by atoms with van der Waals surface area (Å²) in [5.74, 6) is 0.424. The second-order valence-electron chi connectivity index (χ2n) is 4.50. The van der Waals surface area contributed by atoms with E-state index in [9.17, 15) is 9.90 Å². The third-order valence-corrected chi connectivity index (χ3v) is 3.03. The first-order valence-electron chi connectivity index (χ1n) is 6.48. The van der Waals surface area contributed by atoms with E-state index in [1.54, 1.807) is 48.5 Å². The third-order valence-electron chi connectivity index (χ3n) is 3.03. The minimum Gasteiger partial charge on any atom is -0.507 e. The van der Waals surface area contributed by atoms with E-state index in [1.165, 1.54) is 0 Å². The maximum atomic E-state index is 12.1. The van der Waals surface area contributed by atoms with Gasteiger partial charge in [-0.05, 0) is 36.4 Å². The molecule has 2 N–H and O–H groups in total. The van der Waals surface area contributed by atoms with Gasteiger partial charge in [0.15, 0.2) is 5.76 Å². The lowest BCUT2D eigenvalue weighted by atomic mass is 10.1. The molecule has 0 atom stereocenters. The van der Waals surface area contributed by atoms with Crippen molar-refractivity contribution in [3.8, 4) is 17.1 Å². The number of hydrogen-bond acceptors (Lipinski definition) is 3. The molecule has 21 heavy (non-hydrogen) atoms. The quantitative estimate of drug-likeness (QED) is 0.764. The van der Waals surface area contributed by atoms with Gasteiger partial charge < -0.3 is 14.8 Å². The molecule has 1 amide bonds. The lowest BCUT2D eigenvalue weighted by Crippen LogP contribution is -2.10. The van der Waals surface area contributed by atoms with Crippen LogP contribution in [0.2, 0.25) is 0 Å². The largest absolute Gasteiger partial charge is 0.507 e. The average Bonchev–Trinajstić information content (AvgIpc) is 2.98. The number of furan rings is 1. The van der Waals surface area contributed by atoms with Gasteiger partial charge in [0.1, 0.15) is 11.5 Å². The number of aromatic hydroxyl groups is 1. The van der Waals surface area contributed by atoms with E-state index < -0.39 is 0 Å². The molecule has 3 aromatic rings. The van der Waals surface area contributed by atoms with E-state index in [0.717, 1.165) is 0 Å². The topological polar surface area (TPSA) is 62.5 Å². The molecule has 3 rings (SSSR count). The van der Waals surface area contributed by atoms with E-state index in [1.807, 2.05) is 18.2 Å². The number of hydrogen-bond donors (Lipinski definition) is 2. The summed E-state index contributed by atoms with van der Waals surface area (Å²) >= 11 is 0. The molecule has 0 aliphatic carbocycles. The number of carbonyl (C=O) groups excluding carboxylic acids is 1. The first kappa shape index (κ1) is 13.0. The Kier molecular flexibility index (Phi) is 3.43. The smallest absolute Gasteiger partial charge is 0.291 e. The van der Waals surface area contributed by atoms with E-state index >= 15 is 0 Å². The Hall–Kier alpha value is -3.01. The summed E-state index contributed by atoms with van der Waals surface area (Å²) in [4.78, 5) is 12.1. The van der Waals surface area contributed by atoms with Gasteiger partial charge in [-0.2, -0.15) is 0 Å². The normalized spacial score (nSPS) is 10.3. The van der Waals surface area contributed by atoms with E-state index in [0.29, 0.717) is 17.0 Å². The standard InChI is InChI=1S/C17H13NO3/c19-14-9-5-4-8-13(14)15-10-11-16(21-15)17(20)18-12-6-2-1-3-7-12/h1-11,19H,(H,18,20). The number of nitrogens with one attached hydrogen (secondary N) is 1. The Morgan fingerprint density at radius 2 is 1.62 bits per heavy atom. The van der Waals surface area contributed by atoms with Crippen LogP contribution in [0.4, 0.5) is 5.69 Å². The van der Waals surface area contributed by atoms with Crippen LogP contribution in [-0.2, 0) is 0 Å². The zero-order chi connectivity index (χ0) is 14.7. The SMILES string of the molecule is O=C(Nc1ccccc1)c1ccc(-c2ccccc2O)o1. The molecule has 2 aromatic carbocycles. The highest BCUT2D eigenvalue weighted by atomic mass is 16.4. The van der Waals surface area contributed by atoms with Crippen molar-refractivity contribution < 1.29 is 14.3 Å². The Morgan fingerprint density at radius 3 is 2.38 bits per heavy atom. The molecule has 4 nitrogen and oxygen atoms in total. The molecule has 0 saturated heterocycles. The predicted molar refractivity (Wildman–Crippen MR) is 80.2 cm³/mol. The number of phenols is 1. The van der Waals surface area contributed by atoms with Crippen molar-refractivity contribution in [3.05, 3.63) is 72.5 Å². The fraction of sp³-hybridized carbons (Fsp3) is 0. The number of anilines is 1. The second-order valence-corrected chi connectivity index (χ2v) is 4.50. The van der Waals surface area contributed by atoms with Crippen molar-refractivity contribution in [1.82, 2.24) is 0 Å². The van der Waals surface area contributed by atoms with Crippen LogP contribution in [0.25, 0.3) is 11.3 Å². The zero-order valence-electron chi connectivity index (χ0n) is 11.1. The molecule has 0 unspecified atom stereocenters. The summed E-state index contributed by atoms with van der Waals surface area (Å²) in [5, 5.41) is 12.5. The van der Waals surface area contributed by atoms with Crippen LogP contribution in [0.3, 0.4) is 0 Å². The van der Waals surface area contributed by atoms with Gasteiger partial charge in [0.25, 0.3) is 5.91 Å². The molecule has 0 aliphatic heterocycles. The first-order chi connectivity index (χ1) is 10.2. The summed E-state index contributed by atoms with van der Waals surface area (Å²) < 4.78 is 5.51. The molecule has 104 valence electrons. The highest BCUT2D eigenvalue weighted by Crippen LogP contribution is 2.30. The molecular formula is C17H13NO3. The highest BCUT2D eigenvalue weighted by molar-refractivity contribution is 6.02. The number of carbonyl (C=O) groups is 1. The minimum absolute atomic E-state index is 0.113. The first-order valence-corrected chi connectivity index (χ1v) is 6.48. The van der Waals surface area contributed by atoms with E-state index in [-0.39, 0.29) is 17.4 Å². The van der Waals surface area contributed by atoms with Crippen molar-refractivity contribution in [2.75, 3.05) is 5.32 Å². The van der Waals surface area contributed by atoms with E-state index in [4.69, 9.17) is 4.42 Å². The van der Waals surface area contributed by atoms with E-state index in [2.05, 4.69) is 5.32 Å². The van der Waals surface area contributed by atoms with Gasteiger partial charge >= 0.3 is 0 Å². The molecule has 0 bridgehead atoms. The van der Waals surface area contributed by atoms with Gasteiger partial charge in [0, 0.05) is 5.69 Å². The average molecular weight is 279 g/mol. The van der Waals surface area contributed by atoms with Crippen molar-refractivity contribution in [2.45, 2.75) is 0 Å². The number of benzene rings is 2. The Morgan fingerprint density at radius 1 is 0.905 bits per heavy atom. The summed E-state index contributed by atoms with van der Waals surface area (Å²) in [6.45, 7) is 0. The molecule has 0 saturated carbocycles. The predicted octanol–water partition coefficient (Wildman–Crippen LogP) is 3.90. The van der Waals surface area contributed by atoms with Gasteiger partial charge in [-0.3, -0.25) is 4.79 Å². The Labute approximate surface area is 121 Å². The van der Waals surface area contributed by atoms with Gasteiger partial charge in [-0.15, -0.1) is 0 Å². The molecule has 0 fully saturated rings. The molecule has 0 spiro atoms. The third kappa shape index (κ3) is 2.79. The zero-order valence-corrected chi connectivity index (χ0v) is 11.1. The van der Waals surface area contributed by atoms with Crippen molar-refractivity contribution in [2.24, 2.45) is 0 Å². The molecule has 4 heteroatoms. The molecule has 0 aliphatic rings. The highest BCUT2D eigenvalue weighted by Gasteiger charge is 2.14. The van der Waals surface area contributed by atoms with Crippen LogP contribution >= 0.6 is 0 Å². The van der Waals surface area contributed by atoms with Crippen molar-refractivity contribution in [3.63, 3.8) is 0 Å².